The molecule has 0 bridgehead atoms. The SMILES string of the molecule is CC(C)N1CCCC(CNC(=O)C2(S(C)(=O)=O)CCNCC2)C1. The molecule has 2 rings (SSSR count). The molecule has 2 saturated heterocycles. The van der Waals surface area contributed by atoms with Gasteiger partial charge < -0.3 is 15.5 Å². The van der Waals surface area contributed by atoms with E-state index in [4.69, 9.17) is 0 Å². The monoisotopic (exact) mass is 345 g/mol. The zero-order chi connectivity index (χ0) is 17.1. The summed E-state index contributed by atoms with van der Waals surface area (Å²) in [6.45, 7) is 8.19. The molecule has 0 aromatic heterocycles. The summed E-state index contributed by atoms with van der Waals surface area (Å²) >= 11 is 0. The van der Waals surface area contributed by atoms with Crippen molar-refractivity contribution in [3.63, 3.8) is 0 Å². The molecular weight excluding hydrogens is 314 g/mol. The largest absolute Gasteiger partial charge is 0.354 e. The van der Waals surface area contributed by atoms with E-state index in [1.165, 1.54) is 6.26 Å². The second kappa shape index (κ2) is 7.49. The lowest BCUT2D eigenvalue weighted by atomic mass is 9.94. The Labute approximate surface area is 140 Å². The highest BCUT2D eigenvalue weighted by Gasteiger charge is 2.48. The fraction of sp³-hybridized carbons (Fsp3) is 0.938. The fourth-order valence-corrected chi connectivity index (χ4v) is 5.08. The number of nitrogens with one attached hydrogen (secondary N) is 2. The molecule has 7 heteroatoms. The van der Waals surface area contributed by atoms with Crippen LogP contribution in [0.4, 0.5) is 0 Å². The quantitative estimate of drug-likeness (QED) is 0.754. The highest BCUT2D eigenvalue weighted by molar-refractivity contribution is 7.92. The summed E-state index contributed by atoms with van der Waals surface area (Å²) in [6, 6.07) is 0.514. The van der Waals surface area contributed by atoms with E-state index in [9.17, 15) is 13.2 Å². The van der Waals surface area contributed by atoms with Crippen molar-refractivity contribution in [3.8, 4) is 0 Å². The predicted octanol–water partition coefficient (Wildman–Crippen LogP) is 0.390. The van der Waals surface area contributed by atoms with Gasteiger partial charge in [-0.25, -0.2) is 8.42 Å². The van der Waals surface area contributed by atoms with Gasteiger partial charge in [0, 0.05) is 25.4 Å². The molecule has 134 valence electrons. The van der Waals surface area contributed by atoms with Crippen LogP contribution >= 0.6 is 0 Å². The van der Waals surface area contributed by atoms with Crippen LogP contribution < -0.4 is 10.6 Å². The van der Waals surface area contributed by atoms with Crippen LogP contribution in [0, 0.1) is 5.92 Å². The lowest BCUT2D eigenvalue weighted by Crippen LogP contribution is -2.58. The van der Waals surface area contributed by atoms with Crippen LogP contribution in [-0.4, -0.2) is 69.0 Å². The highest BCUT2D eigenvalue weighted by atomic mass is 32.2. The zero-order valence-electron chi connectivity index (χ0n) is 14.6. The van der Waals surface area contributed by atoms with Crippen molar-refractivity contribution in [2.45, 2.75) is 50.3 Å². The van der Waals surface area contributed by atoms with E-state index >= 15 is 0 Å². The van der Waals surface area contributed by atoms with Gasteiger partial charge in [0.1, 0.15) is 0 Å². The third kappa shape index (κ3) is 4.25. The first kappa shape index (κ1) is 18.7. The summed E-state index contributed by atoms with van der Waals surface area (Å²) in [5.41, 5.74) is 0. The van der Waals surface area contributed by atoms with Crippen molar-refractivity contribution in [3.05, 3.63) is 0 Å². The molecule has 2 aliphatic heterocycles. The normalized spacial score (nSPS) is 26.2. The van der Waals surface area contributed by atoms with Crippen LogP contribution in [0.5, 0.6) is 0 Å². The Hall–Kier alpha value is -0.660. The molecule has 1 atom stereocenters. The minimum atomic E-state index is -3.43. The Bertz CT molecular complexity index is 513. The molecule has 0 saturated carbocycles. The number of hydrogen-bond donors (Lipinski definition) is 2. The first-order valence-corrected chi connectivity index (χ1v) is 10.6. The van der Waals surface area contributed by atoms with Gasteiger partial charge in [0.15, 0.2) is 14.6 Å². The van der Waals surface area contributed by atoms with E-state index in [1.807, 2.05) is 0 Å². The standard InChI is InChI=1S/C16H31N3O3S/c1-13(2)19-10-4-5-14(12-19)11-18-15(20)16(23(3,21)22)6-8-17-9-7-16/h13-14,17H,4-12H2,1-3H3,(H,18,20). The molecule has 2 N–H and O–H groups in total. The second-order valence-electron chi connectivity index (χ2n) is 7.32. The summed E-state index contributed by atoms with van der Waals surface area (Å²) in [5, 5.41) is 6.10. The molecule has 23 heavy (non-hydrogen) atoms. The number of sulfone groups is 1. The van der Waals surface area contributed by atoms with Crippen LogP contribution in [0.2, 0.25) is 0 Å². The Balaban J connectivity index is 1.97. The fourth-order valence-electron chi connectivity index (χ4n) is 3.73. The first-order chi connectivity index (χ1) is 10.8. The smallest absolute Gasteiger partial charge is 0.241 e. The Morgan fingerprint density at radius 1 is 1.35 bits per heavy atom. The zero-order valence-corrected chi connectivity index (χ0v) is 15.4. The van der Waals surface area contributed by atoms with Crippen LogP contribution in [0.25, 0.3) is 0 Å². The molecule has 2 fully saturated rings. The maximum Gasteiger partial charge on any atom is 0.241 e. The highest BCUT2D eigenvalue weighted by Crippen LogP contribution is 2.28. The van der Waals surface area contributed by atoms with E-state index < -0.39 is 14.6 Å². The maximum absolute atomic E-state index is 12.7. The first-order valence-electron chi connectivity index (χ1n) is 8.69. The van der Waals surface area contributed by atoms with Gasteiger partial charge in [-0.3, -0.25) is 4.79 Å². The van der Waals surface area contributed by atoms with Crippen molar-refractivity contribution >= 4 is 15.7 Å². The maximum atomic E-state index is 12.7. The van der Waals surface area contributed by atoms with Crippen molar-refractivity contribution in [2.75, 3.05) is 39.0 Å². The number of rotatable bonds is 5. The molecule has 0 radical (unpaired) electrons. The third-order valence-electron chi connectivity index (χ3n) is 5.37. The van der Waals surface area contributed by atoms with E-state index in [2.05, 4.69) is 29.4 Å². The molecule has 0 spiro atoms. The number of piperidine rings is 2. The summed E-state index contributed by atoms with van der Waals surface area (Å²) < 4.78 is 23.2. The molecular formula is C16H31N3O3S. The van der Waals surface area contributed by atoms with Crippen LogP contribution in [0.3, 0.4) is 0 Å². The molecule has 2 heterocycles. The van der Waals surface area contributed by atoms with E-state index in [1.54, 1.807) is 0 Å². The van der Waals surface area contributed by atoms with Gasteiger partial charge in [0.05, 0.1) is 0 Å². The van der Waals surface area contributed by atoms with Crippen molar-refractivity contribution in [2.24, 2.45) is 5.92 Å². The number of nitrogens with zero attached hydrogens (tertiary/aromatic N) is 1. The van der Waals surface area contributed by atoms with Gasteiger partial charge in [-0.15, -0.1) is 0 Å². The number of carbonyl (C=O) groups excluding carboxylic acids is 1. The van der Waals surface area contributed by atoms with Gasteiger partial charge in [0.2, 0.25) is 5.91 Å². The number of carbonyl (C=O) groups is 1. The lowest BCUT2D eigenvalue weighted by Gasteiger charge is -2.37. The summed E-state index contributed by atoms with van der Waals surface area (Å²) in [4.78, 5) is 15.1. The Morgan fingerprint density at radius 2 is 2.00 bits per heavy atom. The van der Waals surface area contributed by atoms with Crippen LogP contribution in [-0.2, 0) is 14.6 Å². The molecule has 1 amide bonds. The molecule has 0 aromatic carbocycles. The average molecular weight is 346 g/mol. The Kier molecular flexibility index (Phi) is 6.08. The van der Waals surface area contributed by atoms with Crippen LogP contribution in [0.1, 0.15) is 39.5 Å². The second-order valence-corrected chi connectivity index (χ2v) is 9.65. The van der Waals surface area contributed by atoms with Crippen molar-refractivity contribution < 1.29 is 13.2 Å². The van der Waals surface area contributed by atoms with Gasteiger partial charge in [0.25, 0.3) is 0 Å². The molecule has 2 aliphatic rings. The molecule has 0 aliphatic carbocycles. The topological polar surface area (TPSA) is 78.5 Å². The summed E-state index contributed by atoms with van der Waals surface area (Å²) in [5.74, 6) is 0.108. The molecule has 6 nitrogen and oxygen atoms in total. The average Bonchev–Trinajstić information content (AvgIpc) is 2.52. The van der Waals surface area contributed by atoms with Gasteiger partial charge in [-0.05, 0) is 65.1 Å². The number of amides is 1. The van der Waals surface area contributed by atoms with Gasteiger partial charge in [-0.2, -0.15) is 0 Å². The van der Waals surface area contributed by atoms with Crippen molar-refractivity contribution in [1.29, 1.82) is 0 Å². The van der Waals surface area contributed by atoms with E-state index in [-0.39, 0.29) is 5.91 Å². The summed E-state index contributed by atoms with van der Waals surface area (Å²) in [7, 11) is -3.43. The minimum Gasteiger partial charge on any atom is -0.354 e. The van der Waals surface area contributed by atoms with Gasteiger partial charge in [-0.1, -0.05) is 0 Å². The van der Waals surface area contributed by atoms with Gasteiger partial charge >= 0.3 is 0 Å². The van der Waals surface area contributed by atoms with Crippen molar-refractivity contribution in [1.82, 2.24) is 15.5 Å². The summed E-state index contributed by atoms with van der Waals surface area (Å²) in [6.07, 6.45) is 4.15. The minimum absolute atomic E-state index is 0.303. The van der Waals surface area contributed by atoms with E-state index in [0.717, 1.165) is 25.9 Å². The van der Waals surface area contributed by atoms with E-state index in [0.29, 0.717) is 44.4 Å². The Morgan fingerprint density at radius 3 is 2.57 bits per heavy atom. The lowest BCUT2D eigenvalue weighted by molar-refractivity contribution is -0.124. The predicted molar refractivity (Wildman–Crippen MR) is 92.1 cm³/mol. The van der Waals surface area contributed by atoms with Crippen LogP contribution in [0.15, 0.2) is 0 Å². The molecule has 0 aromatic rings. The number of hydrogen-bond acceptors (Lipinski definition) is 5. The number of likely N-dealkylation sites (tertiary alicyclic amines) is 1. The third-order valence-corrected chi connectivity index (χ3v) is 7.38. The molecule has 1 unspecified atom stereocenters.